The Morgan fingerprint density at radius 1 is 1.00 bits per heavy atom. The zero-order chi connectivity index (χ0) is 15.6. The van der Waals surface area contributed by atoms with E-state index in [0.29, 0.717) is 11.3 Å². The highest BCUT2D eigenvalue weighted by molar-refractivity contribution is 6.05. The zero-order valence-electron chi connectivity index (χ0n) is 12.2. The van der Waals surface area contributed by atoms with Crippen LogP contribution in [-0.2, 0) is 0 Å². The number of hydrogen-bond donors (Lipinski definition) is 2. The van der Waals surface area contributed by atoms with Gasteiger partial charge in [0.25, 0.3) is 5.91 Å². The van der Waals surface area contributed by atoms with Gasteiger partial charge in [0.2, 0.25) is 0 Å². The van der Waals surface area contributed by atoms with Crippen LogP contribution < -0.4 is 5.32 Å². The summed E-state index contributed by atoms with van der Waals surface area (Å²) in [6.45, 7) is 0. The molecule has 4 rings (SSSR count). The molecule has 4 nitrogen and oxygen atoms in total. The lowest BCUT2D eigenvalue weighted by Gasteiger charge is -2.01. The zero-order valence-corrected chi connectivity index (χ0v) is 12.2. The Morgan fingerprint density at radius 2 is 1.78 bits per heavy atom. The number of anilines is 1. The summed E-state index contributed by atoms with van der Waals surface area (Å²) in [6.07, 6.45) is 3.37. The molecule has 4 aromatic rings. The first-order valence-corrected chi connectivity index (χ1v) is 7.33. The van der Waals surface area contributed by atoms with E-state index in [0.717, 1.165) is 22.2 Å². The minimum Gasteiger partial charge on any atom is -0.463 e. The molecule has 23 heavy (non-hydrogen) atoms. The van der Waals surface area contributed by atoms with E-state index in [1.807, 2.05) is 60.8 Å². The number of carbonyl (C=O) groups excluding carboxylic acids is 1. The smallest absolute Gasteiger partial charge is 0.258 e. The fraction of sp³-hybridized carbons (Fsp3) is 0. The van der Waals surface area contributed by atoms with Gasteiger partial charge in [-0.25, -0.2) is 0 Å². The normalized spacial score (nSPS) is 10.8. The second-order valence-corrected chi connectivity index (χ2v) is 5.27. The van der Waals surface area contributed by atoms with Crippen molar-refractivity contribution in [1.29, 1.82) is 0 Å². The van der Waals surface area contributed by atoms with Crippen molar-refractivity contribution < 1.29 is 9.21 Å². The molecule has 0 saturated carbocycles. The first-order valence-electron chi connectivity index (χ1n) is 7.33. The van der Waals surface area contributed by atoms with Gasteiger partial charge in [-0.2, -0.15) is 0 Å². The quantitative estimate of drug-likeness (QED) is 0.577. The van der Waals surface area contributed by atoms with Crippen LogP contribution in [-0.4, -0.2) is 10.9 Å². The van der Waals surface area contributed by atoms with Crippen LogP contribution in [0.25, 0.3) is 22.2 Å². The first-order chi connectivity index (χ1) is 11.3. The van der Waals surface area contributed by atoms with Crippen molar-refractivity contribution >= 4 is 22.5 Å². The molecule has 0 saturated heterocycles. The van der Waals surface area contributed by atoms with E-state index in [1.165, 1.54) is 6.26 Å². The summed E-state index contributed by atoms with van der Waals surface area (Å²) in [7, 11) is 0. The third kappa shape index (κ3) is 2.51. The van der Waals surface area contributed by atoms with E-state index in [4.69, 9.17) is 4.42 Å². The van der Waals surface area contributed by atoms with E-state index >= 15 is 0 Å². The van der Waals surface area contributed by atoms with Gasteiger partial charge in [0.1, 0.15) is 12.0 Å². The van der Waals surface area contributed by atoms with Crippen LogP contribution in [0.4, 0.5) is 5.69 Å². The fourth-order valence-electron chi connectivity index (χ4n) is 2.60. The standard InChI is InChI=1S/C19H14N2O2/c22-19(21-14-6-2-1-3-7-14)13-10-18(23-12-13)16-11-20-17-9-5-4-8-15(16)17/h1-12,20H,(H,21,22). The number of hydrogen-bond acceptors (Lipinski definition) is 2. The molecule has 2 heterocycles. The molecule has 4 heteroatoms. The molecule has 0 fully saturated rings. The number of carbonyl (C=O) groups is 1. The summed E-state index contributed by atoms with van der Waals surface area (Å²) in [6, 6.07) is 19.1. The molecule has 2 N–H and O–H groups in total. The van der Waals surface area contributed by atoms with E-state index in [1.54, 1.807) is 6.07 Å². The van der Waals surface area contributed by atoms with Crippen LogP contribution in [0.3, 0.4) is 0 Å². The SMILES string of the molecule is O=C(Nc1ccccc1)c1coc(-c2c[nH]c3ccccc23)c1. The van der Waals surface area contributed by atoms with E-state index in [2.05, 4.69) is 10.3 Å². The number of H-pyrrole nitrogens is 1. The third-order valence-corrected chi connectivity index (χ3v) is 3.75. The Morgan fingerprint density at radius 3 is 2.65 bits per heavy atom. The van der Waals surface area contributed by atoms with Crippen molar-refractivity contribution in [3.63, 3.8) is 0 Å². The molecule has 0 atom stereocenters. The Hall–Kier alpha value is -3.27. The Kier molecular flexibility index (Phi) is 3.20. The monoisotopic (exact) mass is 302 g/mol. The van der Waals surface area contributed by atoms with Crippen molar-refractivity contribution in [2.45, 2.75) is 0 Å². The maximum atomic E-state index is 12.3. The fourth-order valence-corrected chi connectivity index (χ4v) is 2.60. The van der Waals surface area contributed by atoms with Crippen LogP contribution >= 0.6 is 0 Å². The minimum absolute atomic E-state index is 0.189. The number of nitrogens with one attached hydrogen (secondary N) is 2. The molecule has 0 aliphatic rings. The maximum Gasteiger partial charge on any atom is 0.258 e. The lowest BCUT2D eigenvalue weighted by molar-refractivity contribution is 0.102. The lowest BCUT2D eigenvalue weighted by atomic mass is 10.1. The van der Waals surface area contributed by atoms with Crippen molar-refractivity contribution in [3.8, 4) is 11.3 Å². The Bertz CT molecular complexity index is 967. The van der Waals surface area contributed by atoms with Crippen LogP contribution in [0, 0.1) is 0 Å². The minimum atomic E-state index is -0.189. The van der Waals surface area contributed by atoms with E-state index < -0.39 is 0 Å². The van der Waals surface area contributed by atoms with Gasteiger partial charge in [0.05, 0.1) is 5.56 Å². The number of aromatic nitrogens is 1. The van der Waals surface area contributed by atoms with Gasteiger partial charge in [-0.05, 0) is 24.3 Å². The van der Waals surface area contributed by atoms with Crippen molar-refractivity contribution in [1.82, 2.24) is 4.98 Å². The number of rotatable bonds is 3. The second-order valence-electron chi connectivity index (χ2n) is 5.27. The lowest BCUT2D eigenvalue weighted by Crippen LogP contribution is -2.10. The van der Waals surface area contributed by atoms with Crippen molar-refractivity contribution in [2.75, 3.05) is 5.32 Å². The van der Waals surface area contributed by atoms with Gasteiger partial charge in [0.15, 0.2) is 0 Å². The largest absolute Gasteiger partial charge is 0.463 e. The molecular formula is C19H14N2O2. The highest BCUT2D eigenvalue weighted by Gasteiger charge is 2.14. The highest BCUT2D eigenvalue weighted by atomic mass is 16.3. The molecule has 2 aromatic heterocycles. The molecule has 2 aromatic carbocycles. The summed E-state index contributed by atoms with van der Waals surface area (Å²) in [5.41, 5.74) is 3.23. The number of para-hydroxylation sites is 2. The predicted molar refractivity (Wildman–Crippen MR) is 90.4 cm³/mol. The number of aromatic amines is 1. The van der Waals surface area contributed by atoms with Crippen molar-refractivity contribution in [2.24, 2.45) is 0 Å². The number of benzene rings is 2. The number of fused-ring (bicyclic) bond motifs is 1. The Balaban J connectivity index is 1.63. The van der Waals surface area contributed by atoms with Gasteiger partial charge in [-0.1, -0.05) is 36.4 Å². The van der Waals surface area contributed by atoms with Crippen LogP contribution in [0.5, 0.6) is 0 Å². The van der Waals surface area contributed by atoms with Crippen LogP contribution in [0.2, 0.25) is 0 Å². The summed E-state index contributed by atoms with van der Waals surface area (Å²) < 4.78 is 5.60. The number of amides is 1. The summed E-state index contributed by atoms with van der Waals surface area (Å²) in [5.74, 6) is 0.478. The maximum absolute atomic E-state index is 12.3. The number of furan rings is 1. The van der Waals surface area contributed by atoms with Crippen LogP contribution in [0.1, 0.15) is 10.4 Å². The summed E-state index contributed by atoms with van der Waals surface area (Å²) in [4.78, 5) is 15.5. The van der Waals surface area contributed by atoms with Gasteiger partial charge in [-0.3, -0.25) is 4.79 Å². The molecule has 0 bridgehead atoms. The average molecular weight is 302 g/mol. The summed E-state index contributed by atoms with van der Waals surface area (Å²) >= 11 is 0. The average Bonchev–Trinajstić information content (AvgIpc) is 3.22. The molecular weight excluding hydrogens is 288 g/mol. The van der Waals surface area contributed by atoms with E-state index in [9.17, 15) is 4.79 Å². The molecule has 0 aliphatic carbocycles. The molecule has 112 valence electrons. The first kappa shape index (κ1) is 13.4. The Labute approximate surface area is 132 Å². The van der Waals surface area contributed by atoms with Crippen molar-refractivity contribution in [3.05, 3.63) is 78.7 Å². The highest BCUT2D eigenvalue weighted by Crippen LogP contribution is 2.30. The molecule has 0 aliphatic heterocycles. The molecule has 1 amide bonds. The predicted octanol–water partition coefficient (Wildman–Crippen LogP) is 4.68. The second kappa shape index (κ2) is 5.50. The third-order valence-electron chi connectivity index (χ3n) is 3.75. The van der Waals surface area contributed by atoms with Gasteiger partial charge >= 0.3 is 0 Å². The topological polar surface area (TPSA) is 58.0 Å². The van der Waals surface area contributed by atoms with E-state index in [-0.39, 0.29) is 5.91 Å². The van der Waals surface area contributed by atoms with Gasteiger partial charge in [-0.15, -0.1) is 0 Å². The van der Waals surface area contributed by atoms with Gasteiger partial charge < -0.3 is 14.7 Å². The molecule has 0 radical (unpaired) electrons. The summed E-state index contributed by atoms with van der Waals surface area (Å²) in [5, 5.41) is 3.91. The molecule has 0 unspecified atom stereocenters. The molecule has 0 spiro atoms. The van der Waals surface area contributed by atoms with Gasteiger partial charge in [0, 0.05) is 28.4 Å². The van der Waals surface area contributed by atoms with Crippen LogP contribution in [0.15, 0.2) is 77.5 Å².